The van der Waals surface area contributed by atoms with Gasteiger partial charge in [0.1, 0.15) is 5.82 Å². The van der Waals surface area contributed by atoms with Crippen LogP contribution in [0, 0.1) is 19.3 Å². The largest absolute Gasteiger partial charge is 0.467 e. The molecule has 3 aromatic heterocycles. The summed E-state index contributed by atoms with van der Waals surface area (Å²) in [6, 6.07) is 12.4. The number of methoxy groups -OCH3 is 1. The number of fused-ring (bicyclic) bond motifs is 1. The number of nitrogens with zero attached hydrogens (tertiary/aromatic N) is 6. The smallest absolute Gasteiger partial charge is 0.339 e. The van der Waals surface area contributed by atoms with Crippen LogP contribution in [-0.4, -0.2) is 56.1 Å². The molecule has 1 aliphatic rings. The van der Waals surface area contributed by atoms with Gasteiger partial charge in [0, 0.05) is 36.1 Å². The highest BCUT2D eigenvalue weighted by molar-refractivity contribution is 5.80. The standard InChI is InChI=1S/C38H50N6O3/c1-10-12-16-29-23-26(3)40-43(29)30-17-14-15-28(24-30)31-25-32-39-27(4)33(34(36(45)46-9)47-37(5,6)7)35(44(32)41-31)42-21-19-38(8,20-22-42)18-13-11-2/h10-11,14-15,17,23-25,34H,1-2,12-13,16,18-22H2,3-9H3. The zero-order chi connectivity index (χ0) is 33.9. The van der Waals surface area contributed by atoms with Crippen molar-refractivity contribution in [3.05, 3.63) is 84.4 Å². The van der Waals surface area contributed by atoms with E-state index in [0.29, 0.717) is 16.9 Å². The average molecular weight is 639 g/mol. The van der Waals surface area contributed by atoms with Crippen molar-refractivity contribution in [2.45, 2.75) is 91.8 Å². The summed E-state index contributed by atoms with van der Waals surface area (Å²) in [6.07, 6.45) is 8.84. The van der Waals surface area contributed by atoms with Gasteiger partial charge in [0.25, 0.3) is 0 Å². The Labute approximate surface area is 279 Å². The van der Waals surface area contributed by atoms with E-state index in [9.17, 15) is 4.79 Å². The number of ether oxygens (including phenoxy) is 2. The molecule has 1 atom stereocenters. The van der Waals surface area contributed by atoms with Crippen LogP contribution < -0.4 is 4.90 Å². The van der Waals surface area contributed by atoms with E-state index in [-0.39, 0.29) is 5.41 Å². The minimum Gasteiger partial charge on any atom is -0.467 e. The molecule has 0 bridgehead atoms. The molecule has 0 radical (unpaired) electrons. The molecular formula is C38H50N6O3. The second-order valence-electron chi connectivity index (χ2n) is 14.1. The van der Waals surface area contributed by atoms with Crippen LogP contribution in [0.15, 0.2) is 61.7 Å². The molecular weight excluding hydrogens is 588 g/mol. The Kier molecular flexibility index (Phi) is 10.1. The highest BCUT2D eigenvalue weighted by atomic mass is 16.6. The van der Waals surface area contributed by atoms with Crippen molar-refractivity contribution in [2.24, 2.45) is 5.41 Å². The molecule has 1 unspecified atom stereocenters. The van der Waals surface area contributed by atoms with Crippen molar-refractivity contribution in [2.75, 3.05) is 25.1 Å². The summed E-state index contributed by atoms with van der Waals surface area (Å²) in [6.45, 7) is 21.6. The van der Waals surface area contributed by atoms with Gasteiger partial charge >= 0.3 is 5.97 Å². The molecule has 250 valence electrons. The number of esters is 1. The monoisotopic (exact) mass is 638 g/mol. The first-order valence-corrected chi connectivity index (χ1v) is 16.7. The van der Waals surface area contributed by atoms with Gasteiger partial charge in [-0.1, -0.05) is 31.2 Å². The van der Waals surface area contributed by atoms with Gasteiger partial charge in [0.05, 0.1) is 35.3 Å². The van der Waals surface area contributed by atoms with Gasteiger partial charge in [-0.3, -0.25) is 0 Å². The van der Waals surface area contributed by atoms with E-state index in [2.05, 4.69) is 49.2 Å². The predicted molar refractivity (Wildman–Crippen MR) is 188 cm³/mol. The number of aryl methyl sites for hydroxylation is 3. The fourth-order valence-corrected chi connectivity index (χ4v) is 6.51. The van der Waals surface area contributed by atoms with E-state index in [0.717, 1.165) is 85.8 Å². The number of benzene rings is 1. The number of piperidine rings is 1. The van der Waals surface area contributed by atoms with Crippen molar-refractivity contribution in [1.82, 2.24) is 24.4 Å². The maximum absolute atomic E-state index is 13.4. The first-order chi connectivity index (χ1) is 22.4. The Balaban J connectivity index is 1.64. The van der Waals surface area contributed by atoms with Gasteiger partial charge in [0.2, 0.25) is 0 Å². The maximum atomic E-state index is 13.4. The lowest BCUT2D eigenvalue weighted by Crippen LogP contribution is -2.41. The Morgan fingerprint density at radius 1 is 1.06 bits per heavy atom. The van der Waals surface area contributed by atoms with E-state index in [1.54, 1.807) is 0 Å². The summed E-state index contributed by atoms with van der Waals surface area (Å²) in [5.41, 5.74) is 6.55. The second-order valence-corrected chi connectivity index (χ2v) is 14.1. The molecule has 1 saturated heterocycles. The van der Waals surface area contributed by atoms with Crippen molar-refractivity contribution in [3.8, 4) is 16.9 Å². The quantitative estimate of drug-likeness (QED) is 0.115. The van der Waals surface area contributed by atoms with Crippen LogP contribution in [-0.2, 0) is 20.7 Å². The van der Waals surface area contributed by atoms with Crippen molar-refractivity contribution < 1.29 is 14.3 Å². The molecule has 0 saturated carbocycles. The van der Waals surface area contributed by atoms with E-state index < -0.39 is 17.7 Å². The summed E-state index contributed by atoms with van der Waals surface area (Å²) in [4.78, 5) is 20.7. The molecule has 0 N–H and O–H groups in total. The SMILES string of the molecule is C=CCCc1cc(C)nn1-c1cccc(-c2cc3nc(C)c(C(OC(C)(C)C)C(=O)OC)c(N4CCC(C)(CCC=C)CC4)n3n2)c1. The maximum Gasteiger partial charge on any atom is 0.339 e. The van der Waals surface area contributed by atoms with Gasteiger partial charge in [-0.25, -0.2) is 14.5 Å². The molecule has 1 aromatic carbocycles. The molecule has 0 amide bonds. The number of hydrogen-bond acceptors (Lipinski definition) is 7. The van der Waals surface area contributed by atoms with Crippen LogP contribution in [0.1, 0.15) is 88.5 Å². The summed E-state index contributed by atoms with van der Waals surface area (Å²) < 4.78 is 15.6. The third-order valence-electron chi connectivity index (χ3n) is 9.07. The summed E-state index contributed by atoms with van der Waals surface area (Å²) in [5, 5.41) is 9.96. The first-order valence-electron chi connectivity index (χ1n) is 16.7. The molecule has 9 heteroatoms. The molecule has 5 rings (SSSR count). The number of hydrogen-bond donors (Lipinski definition) is 0. The van der Waals surface area contributed by atoms with Crippen LogP contribution in [0.2, 0.25) is 0 Å². The average Bonchev–Trinajstić information content (AvgIpc) is 3.64. The lowest BCUT2D eigenvalue weighted by Gasteiger charge is -2.41. The van der Waals surface area contributed by atoms with E-state index in [1.807, 2.05) is 68.1 Å². The minimum absolute atomic E-state index is 0.223. The lowest BCUT2D eigenvalue weighted by molar-refractivity contribution is -0.164. The molecule has 1 fully saturated rings. The molecule has 4 aromatic rings. The number of anilines is 1. The fourth-order valence-electron chi connectivity index (χ4n) is 6.51. The summed E-state index contributed by atoms with van der Waals surface area (Å²) >= 11 is 0. The Morgan fingerprint density at radius 2 is 1.79 bits per heavy atom. The molecule has 1 aliphatic heterocycles. The van der Waals surface area contributed by atoms with E-state index in [1.165, 1.54) is 7.11 Å². The van der Waals surface area contributed by atoms with Gasteiger partial charge in [-0.2, -0.15) is 14.7 Å². The second kappa shape index (κ2) is 13.9. The van der Waals surface area contributed by atoms with Gasteiger partial charge in [-0.05, 0) is 96.8 Å². The zero-order valence-corrected chi connectivity index (χ0v) is 29.2. The third kappa shape index (κ3) is 7.51. The number of allylic oxidation sites excluding steroid dienone is 2. The van der Waals surface area contributed by atoms with Crippen LogP contribution in [0.25, 0.3) is 22.6 Å². The molecule has 47 heavy (non-hydrogen) atoms. The zero-order valence-electron chi connectivity index (χ0n) is 29.2. The molecule has 0 spiro atoms. The van der Waals surface area contributed by atoms with Gasteiger partial charge in [-0.15, -0.1) is 13.2 Å². The number of rotatable bonds is 12. The van der Waals surface area contributed by atoms with Gasteiger partial charge in [0.15, 0.2) is 11.8 Å². The third-order valence-corrected chi connectivity index (χ3v) is 9.07. The Morgan fingerprint density at radius 3 is 2.45 bits per heavy atom. The highest BCUT2D eigenvalue weighted by Crippen LogP contribution is 2.41. The number of aromatic nitrogens is 5. The predicted octanol–water partition coefficient (Wildman–Crippen LogP) is 7.92. The van der Waals surface area contributed by atoms with Gasteiger partial charge < -0.3 is 14.4 Å². The molecule has 9 nitrogen and oxygen atoms in total. The highest BCUT2D eigenvalue weighted by Gasteiger charge is 2.37. The first kappa shape index (κ1) is 34.1. The van der Waals surface area contributed by atoms with Crippen molar-refractivity contribution in [1.29, 1.82) is 0 Å². The number of carbonyl (C=O) groups excluding carboxylic acids is 1. The Bertz CT molecular complexity index is 1750. The Hall–Kier alpha value is -4.24. The van der Waals surface area contributed by atoms with Crippen LogP contribution in [0.3, 0.4) is 0 Å². The van der Waals surface area contributed by atoms with Crippen LogP contribution >= 0.6 is 0 Å². The minimum atomic E-state index is -0.964. The normalized spacial score (nSPS) is 15.5. The number of carbonyl (C=O) groups is 1. The summed E-state index contributed by atoms with van der Waals surface area (Å²) in [5.74, 6) is 0.370. The molecule has 4 heterocycles. The van der Waals surface area contributed by atoms with Crippen molar-refractivity contribution in [3.63, 3.8) is 0 Å². The lowest BCUT2D eigenvalue weighted by atomic mass is 9.76. The van der Waals surface area contributed by atoms with Crippen LogP contribution in [0.5, 0.6) is 0 Å². The topological polar surface area (TPSA) is 86.8 Å². The molecule has 0 aliphatic carbocycles. The van der Waals surface area contributed by atoms with E-state index >= 15 is 0 Å². The van der Waals surface area contributed by atoms with Crippen LogP contribution in [0.4, 0.5) is 5.82 Å². The van der Waals surface area contributed by atoms with Crippen molar-refractivity contribution >= 4 is 17.4 Å². The summed E-state index contributed by atoms with van der Waals surface area (Å²) in [7, 11) is 1.40. The fraction of sp³-hybridized carbons (Fsp3) is 0.474. The van der Waals surface area contributed by atoms with E-state index in [4.69, 9.17) is 24.7 Å².